The molecule has 0 aromatic heterocycles. The topological polar surface area (TPSA) is 40.6 Å². The minimum atomic E-state index is -0.438. The maximum absolute atomic E-state index is 13.1. The number of carbonyl (C=O) groups is 2. The van der Waals surface area contributed by atoms with Crippen LogP contribution in [0, 0.1) is 6.92 Å². The average Bonchev–Trinajstić information content (AvgIpc) is 2.91. The zero-order valence-electron chi connectivity index (χ0n) is 14.0. The van der Waals surface area contributed by atoms with Gasteiger partial charge in [0.15, 0.2) is 0 Å². The molecule has 1 fully saturated rings. The summed E-state index contributed by atoms with van der Waals surface area (Å²) >= 11 is 6.18. The molecule has 0 bridgehead atoms. The number of amides is 2. The van der Waals surface area contributed by atoms with E-state index < -0.39 is 6.04 Å². The number of aryl methyl sites for hydroxylation is 1. The van der Waals surface area contributed by atoms with Gasteiger partial charge < -0.3 is 4.90 Å². The quantitative estimate of drug-likeness (QED) is 0.771. The number of hydrogen-bond acceptors (Lipinski definition) is 3. The SMILES string of the molecule is Cc1c(Cl)cccc1N1C(=O)C[C@H](N2CCCc3ccccc32)C1=O. The first-order chi connectivity index (χ1) is 12.1. The van der Waals surface area contributed by atoms with E-state index in [-0.39, 0.29) is 18.2 Å². The number of fused-ring (bicyclic) bond motifs is 1. The Bertz CT molecular complexity index is 865. The van der Waals surface area contributed by atoms with Crippen LogP contribution in [0.15, 0.2) is 42.5 Å². The number of imide groups is 1. The van der Waals surface area contributed by atoms with E-state index in [1.54, 1.807) is 18.2 Å². The minimum absolute atomic E-state index is 0.160. The third-order valence-electron chi connectivity index (χ3n) is 5.13. The van der Waals surface area contributed by atoms with Crippen molar-refractivity contribution in [1.29, 1.82) is 0 Å². The van der Waals surface area contributed by atoms with E-state index in [1.807, 2.05) is 25.1 Å². The fraction of sp³-hybridized carbons (Fsp3) is 0.300. The molecule has 0 aliphatic carbocycles. The number of nitrogens with zero attached hydrogens (tertiary/aromatic N) is 2. The Labute approximate surface area is 152 Å². The van der Waals surface area contributed by atoms with E-state index in [1.165, 1.54) is 10.5 Å². The second-order valence-corrected chi connectivity index (χ2v) is 7.00. The highest BCUT2D eigenvalue weighted by atomic mass is 35.5. The monoisotopic (exact) mass is 354 g/mol. The number of hydrogen-bond donors (Lipinski definition) is 0. The van der Waals surface area contributed by atoms with Gasteiger partial charge >= 0.3 is 0 Å². The highest BCUT2D eigenvalue weighted by molar-refractivity contribution is 6.32. The van der Waals surface area contributed by atoms with E-state index in [4.69, 9.17) is 11.6 Å². The summed E-state index contributed by atoms with van der Waals surface area (Å²) in [6.45, 7) is 2.63. The van der Waals surface area contributed by atoms with Crippen molar-refractivity contribution >= 4 is 34.8 Å². The number of anilines is 2. The minimum Gasteiger partial charge on any atom is -0.359 e. The number of rotatable bonds is 2. The molecule has 0 radical (unpaired) electrons. The predicted molar refractivity (Wildman–Crippen MR) is 99.2 cm³/mol. The molecule has 0 spiro atoms. The molecular formula is C20H19ClN2O2. The Kier molecular flexibility index (Phi) is 4.00. The Morgan fingerprint density at radius 1 is 1.04 bits per heavy atom. The first-order valence-electron chi connectivity index (χ1n) is 8.54. The molecule has 2 aromatic rings. The van der Waals surface area contributed by atoms with E-state index in [9.17, 15) is 9.59 Å². The Balaban J connectivity index is 1.70. The number of para-hydroxylation sites is 1. The van der Waals surface area contributed by atoms with Crippen molar-refractivity contribution < 1.29 is 9.59 Å². The zero-order chi connectivity index (χ0) is 17.6. The highest BCUT2D eigenvalue weighted by Gasteiger charge is 2.44. The molecule has 4 nitrogen and oxygen atoms in total. The molecule has 2 aromatic carbocycles. The van der Waals surface area contributed by atoms with Crippen molar-refractivity contribution in [1.82, 2.24) is 0 Å². The standard InChI is InChI=1S/C20H19ClN2O2/c1-13-15(21)8-4-10-16(13)23-19(24)12-18(20(23)25)22-11-5-7-14-6-2-3-9-17(14)22/h2-4,6,8-10,18H,5,7,11-12H2,1H3/t18-/m0/s1. The molecule has 128 valence electrons. The Morgan fingerprint density at radius 2 is 1.80 bits per heavy atom. The van der Waals surface area contributed by atoms with Gasteiger partial charge in [0.2, 0.25) is 5.91 Å². The van der Waals surface area contributed by atoms with Crippen molar-refractivity contribution in [3.05, 3.63) is 58.6 Å². The van der Waals surface area contributed by atoms with Crippen LogP contribution in [0.3, 0.4) is 0 Å². The molecule has 0 saturated carbocycles. The predicted octanol–water partition coefficient (Wildman–Crippen LogP) is 3.73. The molecule has 2 amide bonds. The first-order valence-corrected chi connectivity index (χ1v) is 8.92. The lowest BCUT2D eigenvalue weighted by Crippen LogP contribution is -2.44. The lowest BCUT2D eigenvalue weighted by atomic mass is 9.99. The zero-order valence-corrected chi connectivity index (χ0v) is 14.8. The molecule has 1 saturated heterocycles. The second kappa shape index (κ2) is 6.19. The third kappa shape index (κ3) is 2.61. The lowest BCUT2D eigenvalue weighted by Gasteiger charge is -2.34. The second-order valence-electron chi connectivity index (χ2n) is 6.60. The molecule has 2 aliphatic heterocycles. The summed E-state index contributed by atoms with van der Waals surface area (Å²) in [7, 11) is 0. The van der Waals surface area contributed by atoms with Gasteiger partial charge in [-0.1, -0.05) is 35.9 Å². The van der Waals surface area contributed by atoms with Crippen LogP contribution >= 0.6 is 11.6 Å². The van der Waals surface area contributed by atoms with Crippen molar-refractivity contribution in [2.45, 2.75) is 32.2 Å². The van der Waals surface area contributed by atoms with Gasteiger partial charge in [-0.2, -0.15) is 0 Å². The summed E-state index contributed by atoms with van der Waals surface area (Å²) in [5, 5.41) is 0.560. The van der Waals surface area contributed by atoms with Gasteiger partial charge in [0.25, 0.3) is 5.91 Å². The third-order valence-corrected chi connectivity index (χ3v) is 5.53. The summed E-state index contributed by atoms with van der Waals surface area (Å²) in [5.41, 5.74) is 3.66. The molecule has 4 rings (SSSR count). The van der Waals surface area contributed by atoms with Crippen LogP contribution in [0.25, 0.3) is 0 Å². The van der Waals surface area contributed by atoms with Crippen LogP contribution in [-0.2, 0) is 16.0 Å². The summed E-state index contributed by atoms with van der Waals surface area (Å²) in [6, 6.07) is 13.0. The lowest BCUT2D eigenvalue weighted by molar-refractivity contribution is -0.121. The van der Waals surface area contributed by atoms with Gasteiger partial charge in [0, 0.05) is 17.3 Å². The fourth-order valence-corrected chi connectivity index (χ4v) is 4.01. The summed E-state index contributed by atoms with van der Waals surface area (Å²) in [6.07, 6.45) is 2.21. The summed E-state index contributed by atoms with van der Waals surface area (Å²) in [5.74, 6) is -0.324. The van der Waals surface area contributed by atoms with Crippen molar-refractivity contribution in [2.75, 3.05) is 16.3 Å². The molecule has 25 heavy (non-hydrogen) atoms. The van der Waals surface area contributed by atoms with Crippen molar-refractivity contribution in [3.8, 4) is 0 Å². The fourth-order valence-electron chi connectivity index (χ4n) is 3.84. The Hall–Kier alpha value is -2.33. The molecule has 1 atom stereocenters. The summed E-state index contributed by atoms with van der Waals surface area (Å²) < 4.78 is 0. The smallest absolute Gasteiger partial charge is 0.256 e. The van der Waals surface area contributed by atoms with Crippen LogP contribution in [0.4, 0.5) is 11.4 Å². The maximum Gasteiger partial charge on any atom is 0.256 e. The van der Waals surface area contributed by atoms with E-state index in [0.717, 1.165) is 30.6 Å². The van der Waals surface area contributed by atoms with Crippen LogP contribution in [0.2, 0.25) is 5.02 Å². The van der Waals surface area contributed by atoms with Gasteiger partial charge in [-0.3, -0.25) is 9.59 Å². The Morgan fingerprint density at radius 3 is 2.64 bits per heavy atom. The maximum atomic E-state index is 13.1. The largest absolute Gasteiger partial charge is 0.359 e. The van der Waals surface area contributed by atoms with Gasteiger partial charge in [-0.15, -0.1) is 0 Å². The van der Waals surface area contributed by atoms with E-state index in [0.29, 0.717) is 10.7 Å². The van der Waals surface area contributed by atoms with E-state index >= 15 is 0 Å². The van der Waals surface area contributed by atoms with Crippen LogP contribution in [0.5, 0.6) is 0 Å². The van der Waals surface area contributed by atoms with Gasteiger partial charge in [0.05, 0.1) is 12.1 Å². The summed E-state index contributed by atoms with van der Waals surface area (Å²) in [4.78, 5) is 29.2. The molecule has 0 unspecified atom stereocenters. The van der Waals surface area contributed by atoms with Crippen molar-refractivity contribution in [2.24, 2.45) is 0 Å². The molecule has 0 N–H and O–H groups in total. The molecule has 5 heteroatoms. The van der Waals surface area contributed by atoms with Gasteiger partial charge in [0.1, 0.15) is 6.04 Å². The van der Waals surface area contributed by atoms with Gasteiger partial charge in [-0.05, 0) is 49.1 Å². The van der Waals surface area contributed by atoms with Gasteiger partial charge in [-0.25, -0.2) is 4.90 Å². The van der Waals surface area contributed by atoms with E-state index in [2.05, 4.69) is 11.0 Å². The first kappa shape index (κ1) is 16.2. The molecule has 2 heterocycles. The van der Waals surface area contributed by atoms with Crippen LogP contribution in [-0.4, -0.2) is 24.4 Å². The number of benzene rings is 2. The molecule has 2 aliphatic rings. The van der Waals surface area contributed by atoms with Crippen LogP contribution in [0.1, 0.15) is 24.0 Å². The number of halogens is 1. The normalized spacial score (nSPS) is 20.2. The average molecular weight is 355 g/mol. The number of carbonyl (C=O) groups excluding carboxylic acids is 2. The highest BCUT2D eigenvalue weighted by Crippen LogP contribution is 2.35. The van der Waals surface area contributed by atoms with Crippen molar-refractivity contribution in [3.63, 3.8) is 0 Å². The van der Waals surface area contributed by atoms with Crippen LogP contribution < -0.4 is 9.80 Å². The molecular weight excluding hydrogens is 336 g/mol.